The molecule has 8 nitrogen and oxygen atoms in total. The molecule has 1 spiro atoms. The summed E-state index contributed by atoms with van der Waals surface area (Å²) in [6.45, 7) is 6.06. The molecule has 196 valence electrons. The molecule has 0 aliphatic carbocycles. The second-order valence-electron chi connectivity index (χ2n) is 10.1. The summed E-state index contributed by atoms with van der Waals surface area (Å²) >= 11 is 0. The smallest absolute Gasteiger partial charge is 0.331 e. The predicted molar refractivity (Wildman–Crippen MR) is 138 cm³/mol. The van der Waals surface area contributed by atoms with Crippen molar-refractivity contribution in [1.82, 2.24) is 15.1 Å². The Bertz CT molecular complexity index is 1210. The standard InChI is InChI=1S/C28H33FN4O4/c1-5-19-15-20(17-21(29)16-19)24(34)30-23(18(2)3)25(35)32-13-11-28(12-14-32)26(36)31(4)27(37)33(28)22-9-7-6-8-10-22/h6-10,15-18,23H,5,11-14H2,1-4H3,(H,30,34). The topological polar surface area (TPSA) is 90.0 Å². The van der Waals surface area contributed by atoms with E-state index in [-0.39, 0.29) is 55.3 Å². The van der Waals surface area contributed by atoms with Crippen LogP contribution >= 0.6 is 0 Å². The Morgan fingerprint density at radius 1 is 1.05 bits per heavy atom. The van der Waals surface area contributed by atoms with Gasteiger partial charge in [0.2, 0.25) is 5.91 Å². The average Bonchev–Trinajstić information content (AvgIpc) is 3.07. The minimum atomic E-state index is -1.06. The molecule has 0 saturated carbocycles. The highest BCUT2D eigenvalue weighted by atomic mass is 19.1. The minimum Gasteiger partial charge on any atom is -0.341 e. The SMILES string of the molecule is CCc1cc(F)cc(C(=O)NC(C(=O)N2CCC3(CC2)C(=O)N(C)C(=O)N3c2ccccc2)C(C)C)c1. The van der Waals surface area contributed by atoms with Gasteiger partial charge >= 0.3 is 6.03 Å². The van der Waals surface area contributed by atoms with E-state index in [4.69, 9.17) is 0 Å². The molecule has 1 atom stereocenters. The Kier molecular flexibility index (Phi) is 7.34. The van der Waals surface area contributed by atoms with Crippen molar-refractivity contribution in [3.05, 3.63) is 65.5 Å². The van der Waals surface area contributed by atoms with Crippen LogP contribution in [0.5, 0.6) is 0 Å². The normalized spacial score (nSPS) is 18.1. The van der Waals surface area contributed by atoms with Crippen LogP contribution in [0.2, 0.25) is 0 Å². The number of nitrogens with zero attached hydrogens (tertiary/aromatic N) is 3. The van der Waals surface area contributed by atoms with E-state index in [0.717, 1.165) is 4.90 Å². The van der Waals surface area contributed by atoms with Gasteiger partial charge in [0.1, 0.15) is 17.4 Å². The first-order chi connectivity index (χ1) is 17.6. The first kappa shape index (κ1) is 26.3. The van der Waals surface area contributed by atoms with Crippen molar-refractivity contribution < 1.29 is 23.6 Å². The summed E-state index contributed by atoms with van der Waals surface area (Å²) in [6, 6.07) is 12.0. The lowest BCUT2D eigenvalue weighted by Gasteiger charge is -2.43. The van der Waals surface area contributed by atoms with E-state index < -0.39 is 23.3 Å². The van der Waals surface area contributed by atoms with E-state index in [1.165, 1.54) is 19.2 Å². The number of aryl methyl sites for hydroxylation is 1. The maximum Gasteiger partial charge on any atom is 0.331 e. The second kappa shape index (κ2) is 10.3. The summed E-state index contributed by atoms with van der Waals surface area (Å²) in [5.41, 5.74) is 0.449. The van der Waals surface area contributed by atoms with Gasteiger partial charge in [-0.1, -0.05) is 39.0 Å². The van der Waals surface area contributed by atoms with E-state index in [1.807, 2.05) is 39.0 Å². The zero-order valence-electron chi connectivity index (χ0n) is 21.7. The number of piperidine rings is 1. The Morgan fingerprint density at radius 2 is 1.70 bits per heavy atom. The molecule has 9 heteroatoms. The van der Waals surface area contributed by atoms with Crippen molar-refractivity contribution in [2.75, 3.05) is 25.0 Å². The van der Waals surface area contributed by atoms with E-state index in [0.29, 0.717) is 17.7 Å². The molecule has 2 heterocycles. The molecular weight excluding hydrogens is 475 g/mol. The van der Waals surface area contributed by atoms with E-state index in [2.05, 4.69) is 5.32 Å². The lowest BCUT2D eigenvalue weighted by molar-refractivity contribution is -0.139. The van der Waals surface area contributed by atoms with Gasteiger partial charge < -0.3 is 10.2 Å². The molecule has 4 rings (SSSR count). The number of nitrogens with one attached hydrogen (secondary N) is 1. The maximum atomic E-state index is 14.0. The van der Waals surface area contributed by atoms with Gasteiger partial charge in [-0.15, -0.1) is 0 Å². The molecule has 1 N–H and O–H groups in total. The van der Waals surface area contributed by atoms with Gasteiger partial charge in [-0.05, 0) is 61.1 Å². The van der Waals surface area contributed by atoms with E-state index in [1.54, 1.807) is 28.0 Å². The molecule has 1 unspecified atom stereocenters. The Balaban J connectivity index is 1.51. The summed E-state index contributed by atoms with van der Waals surface area (Å²) in [4.78, 5) is 57.1. The number of hydrogen-bond acceptors (Lipinski definition) is 4. The fourth-order valence-electron chi connectivity index (χ4n) is 5.22. The molecule has 2 aromatic carbocycles. The van der Waals surface area contributed by atoms with Crippen molar-refractivity contribution in [1.29, 1.82) is 0 Å². The number of carbonyl (C=O) groups is 4. The molecule has 2 aromatic rings. The largest absolute Gasteiger partial charge is 0.341 e. The number of para-hydroxylation sites is 1. The number of urea groups is 1. The van der Waals surface area contributed by atoms with Gasteiger partial charge in [0.05, 0.1) is 0 Å². The van der Waals surface area contributed by atoms with Crippen molar-refractivity contribution in [2.24, 2.45) is 5.92 Å². The third-order valence-corrected chi connectivity index (χ3v) is 7.37. The lowest BCUT2D eigenvalue weighted by atomic mass is 9.85. The van der Waals surface area contributed by atoms with Crippen LogP contribution in [0.25, 0.3) is 0 Å². The van der Waals surface area contributed by atoms with Gasteiger partial charge in [-0.2, -0.15) is 0 Å². The summed E-state index contributed by atoms with van der Waals surface area (Å²) < 4.78 is 14.0. The zero-order chi connectivity index (χ0) is 26.9. The van der Waals surface area contributed by atoms with Gasteiger partial charge in [-0.25, -0.2) is 9.18 Å². The maximum absolute atomic E-state index is 14.0. The van der Waals surface area contributed by atoms with Gasteiger partial charge in [0, 0.05) is 31.4 Å². The van der Waals surface area contributed by atoms with Crippen molar-refractivity contribution >= 4 is 29.4 Å². The quantitative estimate of drug-likeness (QED) is 0.604. The molecule has 2 saturated heterocycles. The Morgan fingerprint density at radius 3 is 2.30 bits per heavy atom. The first-order valence-electron chi connectivity index (χ1n) is 12.7. The number of amides is 5. The second-order valence-corrected chi connectivity index (χ2v) is 10.1. The van der Waals surface area contributed by atoms with Gasteiger partial charge in [0.15, 0.2) is 0 Å². The van der Waals surface area contributed by atoms with Crippen molar-refractivity contribution in [3.8, 4) is 0 Å². The number of likely N-dealkylation sites (tertiary alicyclic amines) is 1. The molecule has 2 fully saturated rings. The first-order valence-corrected chi connectivity index (χ1v) is 12.7. The van der Waals surface area contributed by atoms with Crippen LogP contribution in [-0.2, 0) is 16.0 Å². The highest BCUT2D eigenvalue weighted by molar-refractivity contribution is 6.16. The van der Waals surface area contributed by atoms with Crippen LogP contribution < -0.4 is 10.2 Å². The fourth-order valence-corrected chi connectivity index (χ4v) is 5.22. The average molecular weight is 509 g/mol. The van der Waals surface area contributed by atoms with Crippen LogP contribution in [0, 0.1) is 11.7 Å². The number of likely N-dealkylation sites (N-methyl/N-ethyl adjacent to an activating group) is 1. The van der Waals surface area contributed by atoms with E-state index >= 15 is 0 Å². The number of hydrogen-bond donors (Lipinski definition) is 1. The lowest BCUT2D eigenvalue weighted by Crippen LogP contribution is -2.60. The molecule has 0 aromatic heterocycles. The number of rotatable bonds is 6. The molecule has 2 aliphatic heterocycles. The molecular formula is C28H33FN4O4. The van der Waals surface area contributed by atoms with E-state index in [9.17, 15) is 23.6 Å². The van der Waals surface area contributed by atoms with Crippen LogP contribution in [0.3, 0.4) is 0 Å². The third kappa shape index (κ3) is 4.82. The zero-order valence-corrected chi connectivity index (χ0v) is 21.7. The van der Waals surface area contributed by atoms with Gasteiger partial charge in [0.25, 0.3) is 11.8 Å². The highest BCUT2D eigenvalue weighted by Crippen LogP contribution is 2.40. The number of imide groups is 1. The summed E-state index contributed by atoms with van der Waals surface area (Å²) in [5, 5.41) is 2.79. The Labute approximate surface area is 216 Å². The molecule has 37 heavy (non-hydrogen) atoms. The number of anilines is 1. The predicted octanol–water partition coefficient (Wildman–Crippen LogP) is 3.60. The monoisotopic (exact) mass is 508 g/mol. The summed E-state index contributed by atoms with van der Waals surface area (Å²) in [5.74, 6) is -1.76. The molecule has 5 amide bonds. The third-order valence-electron chi connectivity index (χ3n) is 7.37. The minimum absolute atomic E-state index is 0.171. The molecule has 0 radical (unpaired) electrons. The fraction of sp³-hybridized carbons (Fsp3) is 0.429. The van der Waals surface area contributed by atoms with Crippen LogP contribution in [0.15, 0.2) is 48.5 Å². The van der Waals surface area contributed by atoms with Crippen molar-refractivity contribution in [3.63, 3.8) is 0 Å². The summed E-state index contributed by atoms with van der Waals surface area (Å²) in [6.07, 6.45) is 1.15. The number of halogens is 1. The summed E-state index contributed by atoms with van der Waals surface area (Å²) in [7, 11) is 1.48. The highest BCUT2D eigenvalue weighted by Gasteiger charge is 2.58. The number of benzene rings is 2. The number of carbonyl (C=O) groups excluding carboxylic acids is 4. The van der Waals surface area contributed by atoms with Crippen LogP contribution in [0.1, 0.15) is 49.5 Å². The van der Waals surface area contributed by atoms with Crippen LogP contribution in [0.4, 0.5) is 14.9 Å². The van der Waals surface area contributed by atoms with Gasteiger partial charge in [-0.3, -0.25) is 24.2 Å². The van der Waals surface area contributed by atoms with Crippen molar-refractivity contribution in [2.45, 2.75) is 51.6 Å². The molecule has 2 aliphatic rings. The van der Waals surface area contributed by atoms with Crippen LogP contribution in [-0.4, -0.2) is 65.3 Å². The Hall–Kier alpha value is -3.75. The molecule has 0 bridgehead atoms.